The van der Waals surface area contributed by atoms with Crippen LogP contribution in [0, 0.1) is 0 Å². The Kier molecular flexibility index (Phi) is 6.27. The van der Waals surface area contributed by atoms with Crippen molar-refractivity contribution in [2.75, 3.05) is 6.26 Å². The van der Waals surface area contributed by atoms with Crippen molar-refractivity contribution in [3.8, 4) is 0 Å². The van der Waals surface area contributed by atoms with Gasteiger partial charge >= 0.3 is 0 Å². The Labute approximate surface area is 81.1 Å². The standard InChI is InChI=1S/C11H20S/c1-6-7-8-9(2)10(3)11(4)12-5/h8H,6-7H2,1-5H3/b9-8+,11-10-. The highest BCUT2D eigenvalue weighted by Crippen LogP contribution is 2.21. The van der Waals surface area contributed by atoms with E-state index in [1.54, 1.807) is 0 Å². The van der Waals surface area contributed by atoms with Crippen LogP contribution >= 0.6 is 11.8 Å². The number of allylic oxidation sites excluding steroid dienone is 4. The Balaban J connectivity index is 4.36. The topological polar surface area (TPSA) is 0 Å². The fourth-order valence-electron chi connectivity index (χ4n) is 0.945. The molecule has 0 N–H and O–H groups in total. The van der Waals surface area contributed by atoms with Crippen molar-refractivity contribution in [2.24, 2.45) is 0 Å². The molecule has 0 spiro atoms. The normalized spacial score (nSPS) is 14.6. The molecular weight excluding hydrogens is 164 g/mol. The fraction of sp³-hybridized carbons (Fsp3) is 0.636. The zero-order chi connectivity index (χ0) is 9.56. The van der Waals surface area contributed by atoms with Crippen LogP contribution < -0.4 is 0 Å². The Morgan fingerprint density at radius 1 is 1.25 bits per heavy atom. The largest absolute Gasteiger partial charge is 0.134 e. The second kappa shape index (κ2) is 6.36. The molecule has 0 amide bonds. The Morgan fingerprint density at radius 2 is 1.83 bits per heavy atom. The molecule has 0 aliphatic rings. The van der Waals surface area contributed by atoms with Gasteiger partial charge in [-0.2, -0.15) is 0 Å². The minimum atomic E-state index is 1.20. The van der Waals surface area contributed by atoms with Crippen LogP contribution in [-0.4, -0.2) is 6.26 Å². The molecule has 0 aromatic heterocycles. The van der Waals surface area contributed by atoms with Crippen molar-refractivity contribution in [1.82, 2.24) is 0 Å². The summed E-state index contributed by atoms with van der Waals surface area (Å²) in [6.07, 6.45) is 6.90. The van der Waals surface area contributed by atoms with Gasteiger partial charge in [0.2, 0.25) is 0 Å². The molecule has 0 aliphatic carbocycles. The van der Waals surface area contributed by atoms with Crippen LogP contribution in [0.3, 0.4) is 0 Å². The highest BCUT2D eigenvalue weighted by molar-refractivity contribution is 8.02. The highest BCUT2D eigenvalue weighted by Gasteiger charge is 1.96. The predicted molar refractivity (Wildman–Crippen MR) is 60.6 cm³/mol. The molecule has 12 heavy (non-hydrogen) atoms. The summed E-state index contributed by atoms with van der Waals surface area (Å²) >= 11 is 1.83. The Hall–Kier alpha value is -0.170. The lowest BCUT2D eigenvalue weighted by Gasteiger charge is -2.05. The molecule has 0 atom stereocenters. The lowest BCUT2D eigenvalue weighted by molar-refractivity contribution is 0.949. The molecule has 0 aliphatic heterocycles. The number of thioether (sulfide) groups is 1. The first-order valence-corrected chi connectivity index (χ1v) is 5.74. The molecular formula is C11H20S. The Bertz CT molecular complexity index is 187. The van der Waals surface area contributed by atoms with E-state index in [0.717, 1.165) is 0 Å². The third-order valence-corrected chi connectivity index (χ3v) is 3.08. The van der Waals surface area contributed by atoms with E-state index in [1.165, 1.54) is 28.9 Å². The molecule has 0 aromatic rings. The second-order valence-electron chi connectivity index (χ2n) is 3.06. The van der Waals surface area contributed by atoms with Gasteiger partial charge in [-0.3, -0.25) is 0 Å². The van der Waals surface area contributed by atoms with E-state index >= 15 is 0 Å². The van der Waals surface area contributed by atoms with Gasteiger partial charge in [-0.1, -0.05) is 25.0 Å². The summed E-state index contributed by atoms with van der Waals surface area (Å²) in [7, 11) is 0. The summed E-state index contributed by atoms with van der Waals surface area (Å²) < 4.78 is 0. The first-order valence-electron chi connectivity index (χ1n) is 4.52. The lowest BCUT2D eigenvalue weighted by Crippen LogP contribution is -1.83. The molecule has 0 bridgehead atoms. The molecule has 0 saturated carbocycles. The van der Waals surface area contributed by atoms with Crippen molar-refractivity contribution in [1.29, 1.82) is 0 Å². The fourth-order valence-corrected chi connectivity index (χ4v) is 1.41. The summed E-state index contributed by atoms with van der Waals surface area (Å²) in [5.41, 5.74) is 2.87. The van der Waals surface area contributed by atoms with E-state index in [4.69, 9.17) is 0 Å². The van der Waals surface area contributed by atoms with E-state index < -0.39 is 0 Å². The van der Waals surface area contributed by atoms with Gasteiger partial charge in [-0.15, -0.1) is 11.8 Å². The van der Waals surface area contributed by atoms with Crippen LogP contribution in [0.15, 0.2) is 22.1 Å². The molecule has 0 radical (unpaired) electrons. The smallest absolute Gasteiger partial charge is 0.0140 e. The van der Waals surface area contributed by atoms with Crippen LogP contribution in [-0.2, 0) is 0 Å². The molecule has 0 nitrogen and oxygen atoms in total. The number of hydrogen-bond donors (Lipinski definition) is 0. The third kappa shape index (κ3) is 4.01. The SMILES string of the molecule is CCC/C=C(C)/C(C)=C(/C)SC. The summed E-state index contributed by atoms with van der Waals surface area (Å²) in [4.78, 5) is 1.43. The van der Waals surface area contributed by atoms with E-state index in [-0.39, 0.29) is 0 Å². The van der Waals surface area contributed by atoms with Gasteiger partial charge in [0, 0.05) is 0 Å². The minimum Gasteiger partial charge on any atom is -0.134 e. The summed E-state index contributed by atoms with van der Waals surface area (Å²) in [5, 5.41) is 0. The molecule has 1 heteroatoms. The van der Waals surface area contributed by atoms with Crippen LogP contribution in [0.5, 0.6) is 0 Å². The molecule has 0 aromatic carbocycles. The van der Waals surface area contributed by atoms with Crippen molar-refractivity contribution in [3.63, 3.8) is 0 Å². The zero-order valence-corrected chi connectivity index (χ0v) is 9.72. The quantitative estimate of drug-likeness (QED) is 0.584. The molecule has 0 heterocycles. The van der Waals surface area contributed by atoms with Crippen molar-refractivity contribution in [3.05, 3.63) is 22.1 Å². The molecule has 70 valence electrons. The van der Waals surface area contributed by atoms with Gasteiger partial charge < -0.3 is 0 Å². The number of rotatable bonds is 4. The third-order valence-electron chi connectivity index (χ3n) is 2.16. The van der Waals surface area contributed by atoms with Gasteiger partial charge in [-0.05, 0) is 43.9 Å². The van der Waals surface area contributed by atoms with Gasteiger partial charge in [0.25, 0.3) is 0 Å². The maximum absolute atomic E-state index is 2.33. The van der Waals surface area contributed by atoms with Crippen molar-refractivity contribution >= 4 is 11.8 Å². The van der Waals surface area contributed by atoms with Gasteiger partial charge in [-0.25, -0.2) is 0 Å². The maximum atomic E-state index is 2.33. The highest BCUT2D eigenvalue weighted by atomic mass is 32.2. The first-order chi connectivity index (χ1) is 5.63. The summed E-state index contributed by atoms with van der Waals surface area (Å²) in [6, 6.07) is 0. The van der Waals surface area contributed by atoms with Gasteiger partial charge in [0.05, 0.1) is 0 Å². The summed E-state index contributed by atoms with van der Waals surface area (Å²) in [6.45, 7) is 8.80. The van der Waals surface area contributed by atoms with Gasteiger partial charge in [0.15, 0.2) is 0 Å². The average molecular weight is 184 g/mol. The maximum Gasteiger partial charge on any atom is -0.0140 e. The zero-order valence-electron chi connectivity index (χ0n) is 8.90. The second-order valence-corrected chi connectivity index (χ2v) is 4.08. The number of unbranched alkanes of at least 4 members (excludes halogenated alkanes) is 1. The van der Waals surface area contributed by atoms with E-state index in [9.17, 15) is 0 Å². The van der Waals surface area contributed by atoms with E-state index in [0.29, 0.717) is 0 Å². The minimum absolute atomic E-state index is 1.20. The summed E-state index contributed by atoms with van der Waals surface area (Å²) in [5.74, 6) is 0. The van der Waals surface area contributed by atoms with Crippen LogP contribution in [0.4, 0.5) is 0 Å². The van der Waals surface area contributed by atoms with Crippen molar-refractivity contribution < 1.29 is 0 Å². The van der Waals surface area contributed by atoms with Crippen molar-refractivity contribution in [2.45, 2.75) is 40.5 Å². The average Bonchev–Trinajstić information content (AvgIpc) is 2.11. The van der Waals surface area contributed by atoms with E-state index in [2.05, 4.69) is 40.0 Å². The van der Waals surface area contributed by atoms with Gasteiger partial charge in [0.1, 0.15) is 0 Å². The number of hydrogen-bond acceptors (Lipinski definition) is 1. The molecule has 0 fully saturated rings. The molecule has 0 unspecified atom stereocenters. The first kappa shape index (κ1) is 11.8. The molecule has 0 saturated heterocycles. The van der Waals surface area contributed by atoms with Crippen LogP contribution in [0.2, 0.25) is 0 Å². The van der Waals surface area contributed by atoms with Crippen LogP contribution in [0.1, 0.15) is 40.5 Å². The molecule has 0 rings (SSSR count). The van der Waals surface area contributed by atoms with Crippen LogP contribution in [0.25, 0.3) is 0 Å². The Morgan fingerprint density at radius 3 is 2.25 bits per heavy atom. The monoisotopic (exact) mass is 184 g/mol. The van der Waals surface area contributed by atoms with E-state index in [1.807, 2.05) is 11.8 Å². The predicted octanol–water partition coefficient (Wildman–Crippen LogP) is 4.39. The lowest BCUT2D eigenvalue weighted by atomic mass is 10.1.